The summed E-state index contributed by atoms with van der Waals surface area (Å²) in [6, 6.07) is 4.37. The third kappa shape index (κ3) is 3.55. The van der Waals surface area contributed by atoms with Crippen LogP contribution in [0.3, 0.4) is 0 Å². The Labute approximate surface area is 80.2 Å². The normalized spacial score (nSPS) is 13.2. The fourth-order valence-corrected chi connectivity index (χ4v) is 1.21. The fraction of sp³-hybridized carbons (Fsp3) is 0.545. The molecule has 0 saturated carbocycles. The molecule has 2 nitrogen and oxygen atoms in total. The van der Waals surface area contributed by atoms with Gasteiger partial charge in [0.1, 0.15) is 0 Å². The second-order valence-corrected chi connectivity index (χ2v) is 3.81. The number of rotatable bonds is 4. The summed E-state index contributed by atoms with van der Waals surface area (Å²) >= 11 is 0. The van der Waals surface area contributed by atoms with Crippen molar-refractivity contribution in [3.8, 4) is 0 Å². The van der Waals surface area contributed by atoms with E-state index in [2.05, 4.69) is 24.9 Å². The fourth-order valence-electron chi connectivity index (χ4n) is 1.21. The Kier molecular flexibility index (Phi) is 3.90. The highest BCUT2D eigenvalue weighted by Crippen LogP contribution is 2.07. The van der Waals surface area contributed by atoms with Crippen molar-refractivity contribution in [2.45, 2.75) is 32.7 Å². The van der Waals surface area contributed by atoms with Crippen molar-refractivity contribution in [2.75, 3.05) is 0 Å². The molecule has 1 heterocycles. The number of aromatic nitrogens is 1. The Bertz CT molecular complexity index is 231. The first kappa shape index (κ1) is 10.2. The van der Waals surface area contributed by atoms with Crippen molar-refractivity contribution >= 4 is 0 Å². The Morgan fingerprint density at radius 2 is 2.23 bits per heavy atom. The quantitative estimate of drug-likeness (QED) is 0.766. The SMILES string of the molecule is CC(C)C(N)CCc1cccnc1. The molecule has 0 bridgehead atoms. The lowest BCUT2D eigenvalue weighted by molar-refractivity contribution is 0.464. The topological polar surface area (TPSA) is 38.9 Å². The summed E-state index contributed by atoms with van der Waals surface area (Å²) in [5, 5.41) is 0. The van der Waals surface area contributed by atoms with Gasteiger partial charge in [0.15, 0.2) is 0 Å². The largest absolute Gasteiger partial charge is 0.327 e. The molecule has 72 valence electrons. The number of nitrogens with two attached hydrogens (primary N) is 1. The average Bonchev–Trinajstić information content (AvgIpc) is 2.15. The van der Waals surface area contributed by atoms with Gasteiger partial charge in [-0.1, -0.05) is 19.9 Å². The maximum Gasteiger partial charge on any atom is 0.0299 e. The predicted molar refractivity (Wildman–Crippen MR) is 55.4 cm³/mol. The summed E-state index contributed by atoms with van der Waals surface area (Å²) in [7, 11) is 0. The van der Waals surface area contributed by atoms with Gasteiger partial charge in [0.2, 0.25) is 0 Å². The maximum absolute atomic E-state index is 5.94. The molecule has 0 saturated heterocycles. The number of pyridine rings is 1. The van der Waals surface area contributed by atoms with Crippen LogP contribution in [0, 0.1) is 5.92 Å². The van der Waals surface area contributed by atoms with Crippen LogP contribution in [0.2, 0.25) is 0 Å². The Balaban J connectivity index is 2.35. The van der Waals surface area contributed by atoms with Crippen molar-refractivity contribution in [3.63, 3.8) is 0 Å². The van der Waals surface area contributed by atoms with Gasteiger partial charge >= 0.3 is 0 Å². The van der Waals surface area contributed by atoms with E-state index in [0.717, 1.165) is 12.8 Å². The third-order valence-electron chi connectivity index (χ3n) is 2.35. The molecule has 1 aromatic rings. The molecule has 1 atom stereocenters. The summed E-state index contributed by atoms with van der Waals surface area (Å²) in [4.78, 5) is 4.07. The monoisotopic (exact) mass is 178 g/mol. The van der Waals surface area contributed by atoms with Crippen LogP contribution in [0.4, 0.5) is 0 Å². The number of hydrogen-bond donors (Lipinski definition) is 1. The van der Waals surface area contributed by atoms with Gasteiger partial charge in [0, 0.05) is 18.4 Å². The minimum Gasteiger partial charge on any atom is -0.327 e. The average molecular weight is 178 g/mol. The molecular weight excluding hydrogens is 160 g/mol. The van der Waals surface area contributed by atoms with Crippen LogP contribution in [0.1, 0.15) is 25.8 Å². The van der Waals surface area contributed by atoms with Crippen molar-refractivity contribution in [3.05, 3.63) is 30.1 Å². The van der Waals surface area contributed by atoms with Gasteiger partial charge < -0.3 is 5.73 Å². The van der Waals surface area contributed by atoms with E-state index in [0.29, 0.717) is 12.0 Å². The molecule has 2 N–H and O–H groups in total. The highest BCUT2D eigenvalue weighted by molar-refractivity contribution is 5.08. The summed E-state index contributed by atoms with van der Waals surface area (Å²) < 4.78 is 0. The van der Waals surface area contributed by atoms with E-state index in [1.807, 2.05) is 12.3 Å². The number of hydrogen-bond acceptors (Lipinski definition) is 2. The third-order valence-corrected chi connectivity index (χ3v) is 2.35. The molecule has 13 heavy (non-hydrogen) atoms. The van der Waals surface area contributed by atoms with Crippen LogP contribution in [0.5, 0.6) is 0 Å². The summed E-state index contributed by atoms with van der Waals surface area (Å²) in [6.07, 6.45) is 5.79. The van der Waals surface area contributed by atoms with Crippen LogP contribution in [0.15, 0.2) is 24.5 Å². The van der Waals surface area contributed by atoms with E-state index in [4.69, 9.17) is 5.73 Å². The summed E-state index contributed by atoms with van der Waals surface area (Å²) in [5.41, 5.74) is 7.22. The molecule has 2 heteroatoms. The zero-order valence-electron chi connectivity index (χ0n) is 8.40. The number of aryl methyl sites for hydroxylation is 1. The van der Waals surface area contributed by atoms with Gasteiger partial charge in [0.05, 0.1) is 0 Å². The van der Waals surface area contributed by atoms with E-state index >= 15 is 0 Å². The molecular formula is C11H18N2. The lowest BCUT2D eigenvalue weighted by atomic mass is 9.98. The highest BCUT2D eigenvalue weighted by atomic mass is 14.6. The van der Waals surface area contributed by atoms with Gasteiger partial charge in [-0.2, -0.15) is 0 Å². The smallest absolute Gasteiger partial charge is 0.0299 e. The zero-order chi connectivity index (χ0) is 9.68. The Morgan fingerprint density at radius 1 is 1.46 bits per heavy atom. The van der Waals surface area contributed by atoms with E-state index in [1.54, 1.807) is 6.20 Å². The van der Waals surface area contributed by atoms with E-state index in [-0.39, 0.29) is 0 Å². The predicted octanol–water partition coefficient (Wildman–Crippen LogP) is 2.00. The minimum absolute atomic E-state index is 0.306. The van der Waals surface area contributed by atoms with Gasteiger partial charge in [-0.25, -0.2) is 0 Å². The first-order chi connectivity index (χ1) is 6.20. The van der Waals surface area contributed by atoms with Gasteiger partial charge in [0.25, 0.3) is 0 Å². The molecule has 1 aromatic heterocycles. The Morgan fingerprint density at radius 3 is 2.77 bits per heavy atom. The molecule has 0 aliphatic carbocycles. The Hall–Kier alpha value is -0.890. The standard InChI is InChI=1S/C11H18N2/c1-9(2)11(12)6-5-10-4-3-7-13-8-10/h3-4,7-9,11H,5-6,12H2,1-2H3. The zero-order valence-corrected chi connectivity index (χ0v) is 8.40. The molecule has 0 aliphatic heterocycles. The van der Waals surface area contributed by atoms with E-state index in [1.165, 1.54) is 5.56 Å². The minimum atomic E-state index is 0.306. The van der Waals surface area contributed by atoms with Crippen molar-refractivity contribution < 1.29 is 0 Å². The van der Waals surface area contributed by atoms with Crippen molar-refractivity contribution in [1.82, 2.24) is 4.98 Å². The van der Waals surface area contributed by atoms with Crippen LogP contribution in [-0.4, -0.2) is 11.0 Å². The second-order valence-electron chi connectivity index (χ2n) is 3.81. The first-order valence-corrected chi connectivity index (χ1v) is 4.84. The maximum atomic E-state index is 5.94. The van der Waals surface area contributed by atoms with E-state index < -0.39 is 0 Å². The summed E-state index contributed by atoms with van der Waals surface area (Å²) in [6.45, 7) is 4.32. The molecule has 1 unspecified atom stereocenters. The molecule has 0 fully saturated rings. The summed E-state index contributed by atoms with van der Waals surface area (Å²) in [5.74, 6) is 0.566. The molecule has 0 radical (unpaired) electrons. The lowest BCUT2D eigenvalue weighted by Crippen LogP contribution is -2.26. The molecule has 0 amide bonds. The van der Waals surface area contributed by atoms with Crippen LogP contribution < -0.4 is 5.73 Å². The molecule has 0 aromatic carbocycles. The van der Waals surface area contributed by atoms with Gasteiger partial charge in [-0.15, -0.1) is 0 Å². The first-order valence-electron chi connectivity index (χ1n) is 4.84. The van der Waals surface area contributed by atoms with E-state index in [9.17, 15) is 0 Å². The second kappa shape index (κ2) is 4.97. The van der Waals surface area contributed by atoms with Crippen LogP contribution >= 0.6 is 0 Å². The van der Waals surface area contributed by atoms with Crippen molar-refractivity contribution in [1.29, 1.82) is 0 Å². The highest BCUT2D eigenvalue weighted by Gasteiger charge is 2.06. The van der Waals surface area contributed by atoms with Crippen LogP contribution in [-0.2, 0) is 6.42 Å². The molecule has 0 aliphatic rings. The molecule has 0 spiro atoms. The number of nitrogens with zero attached hydrogens (tertiary/aromatic N) is 1. The lowest BCUT2D eigenvalue weighted by Gasteiger charge is -2.14. The van der Waals surface area contributed by atoms with Gasteiger partial charge in [-0.05, 0) is 30.4 Å². The molecule has 1 rings (SSSR count). The van der Waals surface area contributed by atoms with Gasteiger partial charge in [-0.3, -0.25) is 4.98 Å². The van der Waals surface area contributed by atoms with Crippen LogP contribution in [0.25, 0.3) is 0 Å². The van der Waals surface area contributed by atoms with Crippen molar-refractivity contribution in [2.24, 2.45) is 11.7 Å².